The van der Waals surface area contributed by atoms with Gasteiger partial charge in [-0.25, -0.2) is 0 Å². The predicted octanol–water partition coefficient (Wildman–Crippen LogP) is 3.83. The number of hydrogen-bond acceptors (Lipinski definition) is 2. The van der Waals surface area contributed by atoms with Gasteiger partial charge in [-0.3, -0.25) is 0 Å². The Labute approximate surface area is 127 Å². The van der Waals surface area contributed by atoms with Crippen LogP contribution in [0.1, 0.15) is 30.4 Å². The Balaban J connectivity index is 1.72. The van der Waals surface area contributed by atoms with E-state index >= 15 is 0 Å². The Morgan fingerprint density at radius 2 is 1.71 bits per heavy atom. The van der Waals surface area contributed by atoms with Gasteiger partial charge >= 0.3 is 0 Å². The SMILES string of the molecule is c1ccc(Cc2ccccc2NC2CCCNCC2)cc1. The molecule has 2 N–H and O–H groups in total. The van der Waals surface area contributed by atoms with Gasteiger partial charge in [-0.05, 0) is 56.0 Å². The molecule has 2 nitrogen and oxygen atoms in total. The van der Waals surface area contributed by atoms with Gasteiger partial charge in [0.15, 0.2) is 0 Å². The van der Waals surface area contributed by atoms with Crippen LogP contribution >= 0.6 is 0 Å². The second kappa shape index (κ2) is 7.28. The standard InChI is InChI=1S/C19H24N2/c1-2-7-16(8-3-1)15-17-9-4-5-11-19(17)21-18-10-6-13-20-14-12-18/h1-5,7-9,11,18,20-21H,6,10,12-15H2. The summed E-state index contributed by atoms with van der Waals surface area (Å²) in [6, 6.07) is 20.0. The Morgan fingerprint density at radius 1 is 0.905 bits per heavy atom. The van der Waals surface area contributed by atoms with Crippen molar-refractivity contribution in [2.24, 2.45) is 0 Å². The minimum atomic E-state index is 0.594. The van der Waals surface area contributed by atoms with Crippen LogP contribution in [-0.2, 0) is 6.42 Å². The molecule has 110 valence electrons. The lowest BCUT2D eigenvalue weighted by molar-refractivity contribution is 0.637. The molecule has 0 saturated carbocycles. The molecule has 3 rings (SSSR count). The molecule has 1 atom stereocenters. The summed E-state index contributed by atoms with van der Waals surface area (Å²) in [6.07, 6.45) is 4.72. The molecular weight excluding hydrogens is 256 g/mol. The third-order valence-corrected chi connectivity index (χ3v) is 4.19. The first-order chi connectivity index (χ1) is 10.4. The molecule has 0 aromatic heterocycles. The highest BCUT2D eigenvalue weighted by Gasteiger charge is 2.13. The van der Waals surface area contributed by atoms with Crippen molar-refractivity contribution >= 4 is 5.69 Å². The number of benzene rings is 2. The smallest absolute Gasteiger partial charge is 0.0378 e. The van der Waals surface area contributed by atoms with Gasteiger partial charge in [0, 0.05) is 11.7 Å². The second-order valence-corrected chi connectivity index (χ2v) is 5.84. The van der Waals surface area contributed by atoms with Crippen LogP contribution in [0.25, 0.3) is 0 Å². The zero-order valence-electron chi connectivity index (χ0n) is 12.5. The molecule has 1 unspecified atom stereocenters. The number of anilines is 1. The summed E-state index contributed by atoms with van der Waals surface area (Å²) in [5, 5.41) is 7.25. The maximum absolute atomic E-state index is 3.77. The number of para-hydroxylation sites is 1. The van der Waals surface area contributed by atoms with Gasteiger partial charge in [-0.2, -0.15) is 0 Å². The Hall–Kier alpha value is -1.80. The van der Waals surface area contributed by atoms with E-state index in [1.54, 1.807) is 0 Å². The van der Waals surface area contributed by atoms with Crippen LogP contribution in [0.4, 0.5) is 5.69 Å². The third kappa shape index (κ3) is 4.08. The van der Waals surface area contributed by atoms with Gasteiger partial charge < -0.3 is 10.6 Å². The molecule has 0 aliphatic carbocycles. The minimum absolute atomic E-state index is 0.594. The van der Waals surface area contributed by atoms with Crippen molar-refractivity contribution in [1.82, 2.24) is 5.32 Å². The molecule has 0 amide bonds. The molecule has 21 heavy (non-hydrogen) atoms. The van der Waals surface area contributed by atoms with Crippen LogP contribution in [-0.4, -0.2) is 19.1 Å². The minimum Gasteiger partial charge on any atom is -0.382 e. The van der Waals surface area contributed by atoms with Crippen LogP contribution in [0.15, 0.2) is 54.6 Å². The Kier molecular flexibility index (Phi) is 4.90. The average molecular weight is 280 g/mol. The van der Waals surface area contributed by atoms with E-state index in [2.05, 4.69) is 65.2 Å². The van der Waals surface area contributed by atoms with Crippen molar-refractivity contribution in [2.75, 3.05) is 18.4 Å². The molecule has 2 aromatic rings. The lowest BCUT2D eigenvalue weighted by atomic mass is 10.0. The molecule has 0 spiro atoms. The Bertz CT molecular complexity index is 543. The fourth-order valence-electron chi connectivity index (χ4n) is 3.01. The zero-order chi connectivity index (χ0) is 14.3. The van der Waals surface area contributed by atoms with E-state index in [0.29, 0.717) is 6.04 Å². The summed E-state index contributed by atoms with van der Waals surface area (Å²) in [5.74, 6) is 0. The lowest BCUT2D eigenvalue weighted by Gasteiger charge is -2.20. The van der Waals surface area contributed by atoms with Gasteiger partial charge in [-0.1, -0.05) is 48.5 Å². The largest absolute Gasteiger partial charge is 0.382 e. The highest BCUT2D eigenvalue weighted by atomic mass is 14.9. The van der Waals surface area contributed by atoms with Crippen LogP contribution in [0.5, 0.6) is 0 Å². The number of nitrogens with one attached hydrogen (secondary N) is 2. The van der Waals surface area contributed by atoms with Gasteiger partial charge in [0.2, 0.25) is 0 Å². The first-order valence-electron chi connectivity index (χ1n) is 8.01. The van der Waals surface area contributed by atoms with E-state index in [1.807, 2.05) is 0 Å². The van der Waals surface area contributed by atoms with E-state index in [1.165, 1.54) is 36.1 Å². The first-order valence-corrected chi connectivity index (χ1v) is 8.01. The molecule has 0 bridgehead atoms. The van der Waals surface area contributed by atoms with Gasteiger partial charge in [0.1, 0.15) is 0 Å². The van der Waals surface area contributed by atoms with Crippen LogP contribution in [0.2, 0.25) is 0 Å². The molecule has 1 fully saturated rings. The summed E-state index contributed by atoms with van der Waals surface area (Å²) in [5.41, 5.74) is 4.06. The van der Waals surface area contributed by atoms with Gasteiger partial charge in [0.25, 0.3) is 0 Å². The normalized spacial score (nSPS) is 19.0. The second-order valence-electron chi connectivity index (χ2n) is 5.84. The molecule has 2 heteroatoms. The lowest BCUT2D eigenvalue weighted by Crippen LogP contribution is -2.22. The van der Waals surface area contributed by atoms with E-state index in [0.717, 1.165) is 19.5 Å². The highest BCUT2D eigenvalue weighted by Crippen LogP contribution is 2.22. The predicted molar refractivity (Wildman–Crippen MR) is 89.8 cm³/mol. The van der Waals surface area contributed by atoms with Crippen molar-refractivity contribution in [2.45, 2.75) is 31.7 Å². The van der Waals surface area contributed by atoms with Gasteiger partial charge in [-0.15, -0.1) is 0 Å². The maximum atomic E-state index is 3.77. The molecule has 1 aliphatic rings. The highest BCUT2D eigenvalue weighted by molar-refractivity contribution is 5.53. The molecule has 2 aromatic carbocycles. The zero-order valence-corrected chi connectivity index (χ0v) is 12.5. The molecule has 0 radical (unpaired) electrons. The fraction of sp³-hybridized carbons (Fsp3) is 0.368. The summed E-state index contributed by atoms with van der Waals surface area (Å²) in [4.78, 5) is 0. The van der Waals surface area contributed by atoms with Crippen molar-refractivity contribution in [1.29, 1.82) is 0 Å². The van der Waals surface area contributed by atoms with E-state index in [4.69, 9.17) is 0 Å². The summed E-state index contributed by atoms with van der Waals surface area (Å²) in [6.45, 7) is 2.28. The van der Waals surface area contributed by atoms with E-state index < -0.39 is 0 Å². The molecule has 1 saturated heterocycles. The summed E-state index contributed by atoms with van der Waals surface area (Å²) in [7, 11) is 0. The van der Waals surface area contributed by atoms with Crippen LogP contribution in [0.3, 0.4) is 0 Å². The third-order valence-electron chi connectivity index (χ3n) is 4.19. The fourth-order valence-corrected chi connectivity index (χ4v) is 3.01. The van der Waals surface area contributed by atoms with Crippen LogP contribution < -0.4 is 10.6 Å². The average Bonchev–Trinajstić information content (AvgIpc) is 2.79. The summed E-state index contributed by atoms with van der Waals surface area (Å²) >= 11 is 0. The molecule has 1 aliphatic heterocycles. The van der Waals surface area contributed by atoms with Crippen molar-refractivity contribution < 1.29 is 0 Å². The monoisotopic (exact) mass is 280 g/mol. The molecular formula is C19H24N2. The number of rotatable bonds is 4. The van der Waals surface area contributed by atoms with Crippen molar-refractivity contribution in [3.63, 3.8) is 0 Å². The summed E-state index contributed by atoms with van der Waals surface area (Å²) < 4.78 is 0. The number of hydrogen-bond donors (Lipinski definition) is 2. The first kappa shape index (κ1) is 14.2. The Morgan fingerprint density at radius 3 is 2.62 bits per heavy atom. The topological polar surface area (TPSA) is 24.1 Å². The van der Waals surface area contributed by atoms with Crippen molar-refractivity contribution in [3.05, 3.63) is 65.7 Å². The quantitative estimate of drug-likeness (QED) is 0.889. The van der Waals surface area contributed by atoms with Crippen LogP contribution in [0, 0.1) is 0 Å². The van der Waals surface area contributed by atoms with Gasteiger partial charge in [0.05, 0.1) is 0 Å². The van der Waals surface area contributed by atoms with E-state index in [9.17, 15) is 0 Å². The molecule has 1 heterocycles. The maximum Gasteiger partial charge on any atom is 0.0378 e. The van der Waals surface area contributed by atoms with Crippen molar-refractivity contribution in [3.8, 4) is 0 Å². The van der Waals surface area contributed by atoms with E-state index in [-0.39, 0.29) is 0 Å².